The summed E-state index contributed by atoms with van der Waals surface area (Å²) in [7, 11) is 1.53. The lowest BCUT2D eigenvalue weighted by Crippen LogP contribution is -2.18. The molecule has 1 amide bonds. The fourth-order valence-electron chi connectivity index (χ4n) is 1.36. The summed E-state index contributed by atoms with van der Waals surface area (Å²) in [5, 5.41) is 15.5. The molecule has 17 heavy (non-hydrogen) atoms. The minimum atomic E-state index is -0.279. The molecule has 0 aliphatic rings. The van der Waals surface area contributed by atoms with Crippen LogP contribution in [0.2, 0.25) is 0 Å². The molecule has 0 unspecified atom stereocenters. The van der Waals surface area contributed by atoms with Gasteiger partial charge in [-0.05, 0) is 18.2 Å². The van der Waals surface area contributed by atoms with Crippen molar-refractivity contribution in [2.45, 2.75) is 0 Å². The number of hydrogen-bond donors (Lipinski definition) is 1. The molecule has 0 saturated heterocycles. The Morgan fingerprint density at radius 2 is 2.35 bits per heavy atom. The standard InChI is InChI=1S/C11H9N5O/c1-13-11(17)9-4-6-16(15-9)10-8(7-12)3-2-5-14-10/h2-6H,1H3,(H,13,17). The van der Waals surface area contributed by atoms with Crippen molar-refractivity contribution in [1.29, 1.82) is 5.26 Å². The number of hydrogen-bond acceptors (Lipinski definition) is 4. The zero-order valence-electron chi connectivity index (χ0n) is 9.08. The Hall–Kier alpha value is -2.68. The minimum Gasteiger partial charge on any atom is -0.354 e. The number of carbonyl (C=O) groups is 1. The first-order chi connectivity index (χ1) is 8.26. The molecule has 0 saturated carbocycles. The van der Waals surface area contributed by atoms with Crippen molar-refractivity contribution in [1.82, 2.24) is 20.1 Å². The Morgan fingerprint density at radius 1 is 1.53 bits per heavy atom. The quantitative estimate of drug-likeness (QED) is 0.809. The zero-order valence-corrected chi connectivity index (χ0v) is 9.08. The van der Waals surface area contributed by atoms with E-state index in [1.807, 2.05) is 6.07 Å². The summed E-state index contributed by atoms with van der Waals surface area (Å²) in [6, 6.07) is 6.90. The van der Waals surface area contributed by atoms with Gasteiger partial charge in [-0.1, -0.05) is 0 Å². The van der Waals surface area contributed by atoms with Gasteiger partial charge in [-0.3, -0.25) is 4.79 Å². The molecule has 2 rings (SSSR count). The van der Waals surface area contributed by atoms with E-state index < -0.39 is 0 Å². The maximum atomic E-state index is 11.3. The van der Waals surface area contributed by atoms with E-state index in [0.717, 1.165) is 0 Å². The Balaban J connectivity index is 2.44. The molecular formula is C11H9N5O. The van der Waals surface area contributed by atoms with Crippen molar-refractivity contribution in [2.75, 3.05) is 7.05 Å². The van der Waals surface area contributed by atoms with Gasteiger partial charge >= 0.3 is 0 Å². The average molecular weight is 227 g/mol. The fourth-order valence-corrected chi connectivity index (χ4v) is 1.36. The Kier molecular flexibility index (Phi) is 2.83. The highest BCUT2D eigenvalue weighted by Crippen LogP contribution is 2.09. The molecule has 6 heteroatoms. The van der Waals surface area contributed by atoms with Crippen molar-refractivity contribution in [3.8, 4) is 11.9 Å². The summed E-state index contributed by atoms with van der Waals surface area (Å²) in [5.74, 6) is 0.128. The van der Waals surface area contributed by atoms with Crippen molar-refractivity contribution < 1.29 is 4.79 Å². The number of carbonyl (C=O) groups excluding carboxylic acids is 1. The minimum absolute atomic E-state index is 0.279. The van der Waals surface area contributed by atoms with Gasteiger partial charge in [-0.25, -0.2) is 9.67 Å². The highest BCUT2D eigenvalue weighted by molar-refractivity contribution is 5.91. The van der Waals surface area contributed by atoms with Gasteiger partial charge in [-0.15, -0.1) is 0 Å². The molecule has 0 radical (unpaired) electrons. The first-order valence-corrected chi connectivity index (χ1v) is 4.89. The summed E-state index contributed by atoms with van der Waals surface area (Å²) in [5.41, 5.74) is 0.682. The molecule has 0 aliphatic carbocycles. The molecule has 0 aromatic carbocycles. The van der Waals surface area contributed by atoms with Crippen LogP contribution in [0.4, 0.5) is 0 Å². The second-order valence-electron chi connectivity index (χ2n) is 3.21. The van der Waals surface area contributed by atoms with E-state index >= 15 is 0 Å². The third-order valence-electron chi connectivity index (χ3n) is 2.17. The predicted molar refractivity (Wildman–Crippen MR) is 59.5 cm³/mol. The molecule has 84 valence electrons. The van der Waals surface area contributed by atoms with Gasteiger partial charge < -0.3 is 5.32 Å². The second kappa shape index (κ2) is 4.45. The molecule has 0 bridgehead atoms. The van der Waals surface area contributed by atoms with Crippen molar-refractivity contribution in [3.63, 3.8) is 0 Å². The van der Waals surface area contributed by atoms with Gasteiger partial charge in [-0.2, -0.15) is 10.4 Å². The molecule has 0 spiro atoms. The topological polar surface area (TPSA) is 83.6 Å². The van der Waals surface area contributed by atoms with Gasteiger partial charge in [0.2, 0.25) is 0 Å². The number of amides is 1. The number of pyridine rings is 1. The second-order valence-corrected chi connectivity index (χ2v) is 3.21. The smallest absolute Gasteiger partial charge is 0.271 e. The van der Waals surface area contributed by atoms with Crippen LogP contribution in [-0.2, 0) is 0 Å². The Morgan fingerprint density at radius 3 is 3.06 bits per heavy atom. The maximum absolute atomic E-state index is 11.3. The monoisotopic (exact) mass is 227 g/mol. The molecular weight excluding hydrogens is 218 g/mol. The molecule has 0 aliphatic heterocycles. The molecule has 2 aromatic heterocycles. The maximum Gasteiger partial charge on any atom is 0.271 e. The van der Waals surface area contributed by atoms with Gasteiger partial charge in [0.05, 0.1) is 5.56 Å². The van der Waals surface area contributed by atoms with E-state index in [-0.39, 0.29) is 11.6 Å². The van der Waals surface area contributed by atoms with Gasteiger partial charge in [0, 0.05) is 19.4 Å². The molecule has 2 aromatic rings. The van der Waals surface area contributed by atoms with Crippen LogP contribution in [0.25, 0.3) is 5.82 Å². The summed E-state index contributed by atoms with van der Waals surface area (Å²) >= 11 is 0. The number of aromatic nitrogens is 3. The third kappa shape index (κ3) is 1.99. The van der Waals surface area contributed by atoms with Gasteiger partial charge in [0.25, 0.3) is 5.91 Å². The zero-order chi connectivity index (χ0) is 12.3. The Bertz CT molecular complexity index is 596. The van der Waals surface area contributed by atoms with Crippen LogP contribution in [0.3, 0.4) is 0 Å². The number of nitrogens with one attached hydrogen (secondary N) is 1. The van der Waals surface area contributed by atoms with E-state index in [1.165, 1.54) is 11.7 Å². The van der Waals surface area contributed by atoms with Crippen LogP contribution < -0.4 is 5.32 Å². The summed E-state index contributed by atoms with van der Waals surface area (Å²) in [6.45, 7) is 0. The highest BCUT2D eigenvalue weighted by atomic mass is 16.1. The average Bonchev–Trinajstić information content (AvgIpc) is 2.87. The number of nitriles is 1. The van der Waals surface area contributed by atoms with Crippen LogP contribution in [0.1, 0.15) is 16.1 Å². The SMILES string of the molecule is CNC(=O)c1ccn(-c2ncccc2C#N)n1. The molecule has 1 N–H and O–H groups in total. The largest absolute Gasteiger partial charge is 0.354 e. The van der Waals surface area contributed by atoms with E-state index in [2.05, 4.69) is 15.4 Å². The third-order valence-corrected chi connectivity index (χ3v) is 2.17. The van der Waals surface area contributed by atoms with Crippen molar-refractivity contribution in [2.24, 2.45) is 0 Å². The van der Waals surface area contributed by atoms with E-state index in [0.29, 0.717) is 11.4 Å². The first-order valence-electron chi connectivity index (χ1n) is 4.89. The van der Waals surface area contributed by atoms with Gasteiger partial charge in [0.1, 0.15) is 6.07 Å². The first kappa shape index (κ1) is 10.8. The van der Waals surface area contributed by atoms with Gasteiger partial charge in [0.15, 0.2) is 11.5 Å². The molecule has 6 nitrogen and oxygen atoms in total. The lowest BCUT2D eigenvalue weighted by molar-refractivity contribution is 0.0957. The van der Waals surface area contributed by atoms with Crippen molar-refractivity contribution >= 4 is 5.91 Å². The van der Waals surface area contributed by atoms with Crippen LogP contribution in [0, 0.1) is 11.3 Å². The molecule has 0 fully saturated rings. The van der Waals surface area contributed by atoms with Crippen LogP contribution in [-0.4, -0.2) is 27.7 Å². The normalized spacial score (nSPS) is 9.65. The summed E-state index contributed by atoms with van der Waals surface area (Å²) in [4.78, 5) is 15.4. The lowest BCUT2D eigenvalue weighted by atomic mass is 10.3. The van der Waals surface area contributed by atoms with Crippen LogP contribution in [0.5, 0.6) is 0 Å². The molecule has 2 heterocycles. The molecule has 0 atom stereocenters. The fraction of sp³-hybridized carbons (Fsp3) is 0.0909. The van der Waals surface area contributed by atoms with E-state index in [1.54, 1.807) is 30.6 Å². The van der Waals surface area contributed by atoms with E-state index in [4.69, 9.17) is 5.26 Å². The highest BCUT2D eigenvalue weighted by Gasteiger charge is 2.10. The van der Waals surface area contributed by atoms with Crippen LogP contribution >= 0.6 is 0 Å². The summed E-state index contributed by atoms with van der Waals surface area (Å²) in [6.07, 6.45) is 3.16. The number of nitrogens with zero attached hydrogens (tertiary/aromatic N) is 4. The van der Waals surface area contributed by atoms with Crippen LogP contribution in [0.15, 0.2) is 30.6 Å². The summed E-state index contributed by atoms with van der Waals surface area (Å²) < 4.78 is 1.41. The number of rotatable bonds is 2. The lowest BCUT2D eigenvalue weighted by Gasteiger charge is -2.01. The van der Waals surface area contributed by atoms with E-state index in [9.17, 15) is 4.79 Å². The predicted octanol–water partition coefficient (Wildman–Crippen LogP) is 0.499. The Labute approximate surface area is 97.5 Å². The van der Waals surface area contributed by atoms with Crippen molar-refractivity contribution in [3.05, 3.63) is 41.9 Å².